The summed E-state index contributed by atoms with van der Waals surface area (Å²) in [6, 6.07) is 6.14. The molecule has 0 aromatic heterocycles. The third-order valence-electron chi connectivity index (χ3n) is 2.93. The van der Waals surface area contributed by atoms with Gasteiger partial charge >= 0.3 is 0 Å². The molecule has 1 fully saturated rings. The molecule has 2 N–H and O–H groups in total. The zero-order valence-corrected chi connectivity index (χ0v) is 9.74. The van der Waals surface area contributed by atoms with E-state index in [1.165, 1.54) is 12.1 Å². The lowest BCUT2D eigenvalue weighted by atomic mass is 10.1. The number of anilines is 1. The van der Waals surface area contributed by atoms with Crippen molar-refractivity contribution in [3.8, 4) is 0 Å². The molecule has 4 nitrogen and oxygen atoms in total. The Kier molecular flexibility index (Phi) is 3.58. The van der Waals surface area contributed by atoms with E-state index in [1.807, 2.05) is 0 Å². The SMILES string of the molecule is CNC(=O)[C@H]1CN(c2ccc(F)cc2)CCN1. The normalized spacial score (nSPS) is 20.1. The molecule has 0 aliphatic carbocycles. The summed E-state index contributed by atoms with van der Waals surface area (Å²) in [5.41, 5.74) is 0.946. The molecule has 1 amide bonds. The minimum absolute atomic E-state index is 0.0168. The van der Waals surface area contributed by atoms with Crippen LogP contribution in [0.3, 0.4) is 0 Å². The summed E-state index contributed by atoms with van der Waals surface area (Å²) in [5.74, 6) is -0.261. The Morgan fingerprint density at radius 3 is 2.82 bits per heavy atom. The van der Waals surface area contributed by atoms with E-state index in [1.54, 1.807) is 19.2 Å². The van der Waals surface area contributed by atoms with Crippen LogP contribution in [0.2, 0.25) is 0 Å². The first-order valence-corrected chi connectivity index (χ1v) is 5.66. The Hall–Kier alpha value is -1.62. The third kappa shape index (κ3) is 2.74. The number of nitrogens with zero attached hydrogens (tertiary/aromatic N) is 1. The molecule has 17 heavy (non-hydrogen) atoms. The highest BCUT2D eigenvalue weighted by molar-refractivity contribution is 5.82. The summed E-state index contributed by atoms with van der Waals surface area (Å²) in [6.45, 7) is 2.17. The van der Waals surface area contributed by atoms with Crippen molar-refractivity contribution in [2.45, 2.75) is 6.04 Å². The zero-order valence-electron chi connectivity index (χ0n) is 9.74. The van der Waals surface area contributed by atoms with Crippen LogP contribution < -0.4 is 15.5 Å². The van der Waals surface area contributed by atoms with E-state index in [0.717, 1.165) is 18.8 Å². The van der Waals surface area contributed by atoms with Crippen LogP contribution in [0, 0.1) is 5.82 Å². The number of hydrogen-bond donors (Lipinski definition) is 2. The van der Waals surface area contributed by atoms with Crippen molar-refractivity contribution in [1.29, 1.82) is 0 Å². The fraction of sp³-hybridized carbons (Fsp3) is 0.417. The molecule has 1 aromatic carbocycles. The molecule has 1 heterocycles. The smallest absolute Gasteiger partial charge is 0.238 e. The van der Waals surface area contributed by atoms with Gasteiger partial charge in [0.05, 0.1) is 0 Å². The first-order valence-electron chi connectivity index (χ1n) is 5.66. The van der Waals surface area contributed by atoms with Crippen LogP contribution in [0.25, 0.3) is 0 Å². The molecule has 92 valence electrons. The number of amides is 1. The van der Waals surface area contributed by atoms with E-state index in [0.29, 0.717) is 6.54 Å². The highest BCUT2D eigenvalue weighted by Crippen LogP contribution is 2.16. The van der Waals surface area contributed by atoms with Gasteiger partial charge in [-0.1, -0.05) is 0 Å². The van der Waals surface area contributed by atoms with Crippen molar-refractivity contribution in [3.63, 3.8) is 0 Å². The van der Waals surface area contributed by atoms with E-state index >= 15 is 0 Å². The molecule has 0 unspecified atom stereocenters. The fourth-order valence-electron chi connectivity index (χ4n) is 1.99. The second kappa shape index (κ2) is 5.14. The molecular weight excluding hydrogens is 221 g/mol. The second-order valence-corrected chi connectivity index (χ2v) is 4.04. The number of benzene rings is 1. The van der Waals surface area contributed by atoms with E-state index in [-0.39, 0.29) is 17.8 Å². The Labute approximate surface area is 99.8 Å². The molecule has 5 heteroatoms. The molecule has 2 rings (SSSR count). The summed E-state index contributed by atoms with van der Waals surface area (Å²) < 4.78 is 12.8. The maximum absolute atomic E-state index is 12.8. The van der Waals surface area contributed by atoms with E-state index in [9.17, 15) is 9.18 Å². The number of nitrogens with one attached hydrogen (secondary N) is 2. The van der Waals surface area contributed by atoms with Gasteiger partial charge in [-0.05, 0) is 24.3 Å². The summed E-state index contributed by atoms with van der Waals surface area (Å²) >= 11 is 0. The van der Waals surface area contributed by atoms with Crippen molar-refractivity contribution in [3.05, 3.63) is 30.1 Å². The Balaban J connectivity index is 2.06. The molecule has 1 aliphatic rings. The molecule has 0 radical (unpaired) electrons. The fourth-order valence-corrected chi connectivity index (χ4v) is 1.99. The first-order chi connectivity index (χ1) is 8.20. The monoisotopic (exact) mass is 237 g/mol. The third-order valence-corrected chi connectivity index (χ3v) is 2.93. The Morgan fingerprint density at radius 1 is 1.47 bits per heavy atom. The highest BCUT2D eigenvalue weighted by atomic mass is 19.1. The zero-order chi connectivity index (χ0) is 12.3. The number of likely N-dealkylation sites (N-methyl/N-ethyl adjacent to an activating group) is 1. The lowest BCUT2D eigenvalue weighted by Gasteiger charge is -2.34. The molecule has 1 aliphatic heterocycles. The predicted octanol–water partition coefficient (Wildman–Crippen LogP) is 0.350. The van der Waals surface area contributed by atoms with Crippen LogP contribution in [0.15, 0.2) is 24.3 Å². The van der Waals surface area contributed by atoms with Gasteiger partial charge in [0.15, 0.2) is 0 Å². The minimum atomic E-state index is -0.244. The van der Waals surface area contributed by atoms with Crippen LogP contribution >= 0.6 is 0 Å². The molecular formula is C12H16FN3O. The molecule has 0 spiro atoms. The first kappa shape index (κ1) is 11.9. The molecule has 1 aromatic rings. The van der Waals surface area contributed by atoms with Crippen LogP contribution in [-0.2, 0) is 4.79 Å². The van der Waals surface area contributed by atoms with Gasteiger partial charge in [-0.2, -0.15) is 0 Å². The number of rotatable bonds is 2. The van der Waals surface area contributed by atoms with Gasteiger partial charge < -0.3 is 15.5 Å². The Morgan fingerprint density at radius 2 is 2.18 bits per heavy atom. The summed E-state index contributed by atoms with van der Waals surface area (Å²) in [6.07, 6.45) is 0. The van der Waals surface area contributed by atoms with Gasteiger partial charge in [-0.3, -0.25) is 4.79 Å². The van der Waals surface area contributed by atoms with Gasteiger partial charge in [-0.15, -0.1) is 0 Å². The summed E-state index contributed by atoms with van der Waals surface area (Å²) in [4.78, 5) is 13.6. The Bertz CT molecular complexity index is 393. The quantitative estimate of drug-likeness (QED) is 0.780. The molecule has 0 saturated carbocycles. The average molecular weight is 237 g/mol. The van der Waals surface area contributed by atoms with Crippen molar-refractivity contribution in [1.82, 2.24) is 10.6 Å². The standard InChI is InChI=1S/C12H16FN3O/c1-14-12(17)11-8-16(7-6-15-11)10-4-2-9(13)3-5-10/h2-5,11,15H,6-8H2,1H3,(H,14,17)/t11-/m1/s1. The summed E-state index contributed by atoms with van der Waals surface area (Å²) in [5, 5.41) is 5.78. The average Bonchev–Trinajstić information content (AvgIpc) is 2.39. The van der Waals surface area contributed by atoms with Crippen molar-refractivity contribution < 1.29 is 9.18 Å². The number of piperazine rings is 1. The van der Waals surface area contributed by atoms with E-state index in [2.05, 4.69) is 15.5 Å². The van der Waals surface area contributed by atoms with Crippen molar-refractivity contribution in [2.24, 2.45) is 0 Å². The van der Waals surface area contributed by atoms with E-state index in [4.69, 9.17) is 0 Å². The topological polar surface area (TPSA) is 44.4 Å². The largest absolute Gasteiger partial charge is 0.368 e. The van der Waals surface area contributed by atoms with Crippen LogP contribution in [0.4, 0.5) is 10.1 Å². The summed E-state index contributed by atoms with van der Waals surface area (Å²) in [7, 11) is 1.63. The van der Waals surface area contributed by atoms with Gasteiger partial charge in [0.1, 0.15) is 11.9 Å². The van der Waals surface area contributed by atoms with Crippen LogP contribution in [0.5, 0.6) is 0 Å². The van der Waals surface area contributed by atoms with Gasteiger partial charge in [-0.25, -0.2) is 4.39 Å². The van der Waals surface area contributed by atoms with Crippen molar-refractivity contribution >= 4 is 11.6 Å². The van der Waals surface area contributed by atoms with E-state index < -0.39 is 0 Å². The van der Waals surface area contributed by atoms with Gasteiger partial charge in [0, 0.05) is 32.4 Å². The number of halogens is 1. The molecule has 1 atom stereocenters. The lowest BCUT2D eigenvalue weighted by molar-refractivity contribution is -0.122. The lowest BCUT2D eigenvalue weighted by Crippen LogP contribution is -2.56. The van der Waals surface area contributed by atoms with Gasteiger partial charge in [0.2, 0.25) is 5.91 Å². The maximum Gasteiger partial charge on any atom is 0.238 e. The number of carbonyl (C=O) groups is 1. The second-order valence-electron chi connectivity index (χ2n) is 4.04. The highest BCUT2D eigenvalue weighted by Gasteiger charge is 2.24. The van der Waals surface area contributed by atoms with Gasteiger partial charge in [0.25, 0.3) is 0 Å². The number of hydrogen-bond acceptors (Lipinski definition) is 3. The van der Waals surface area contributed by atoms with Crippen LogP contribution in [0.1, 0.15) is 0 Å². The van der Waals surface area contributed by atoms with Crippen molar-refractivity contribution in [2.75, 3.05) is 31.6 Å². The molecule has 0 bridgehead atoms. The molecule has 1 saturated heterocycles. The minimum Gasteiger partial charge on any atom is -0.368 e. The maximum atomic E-state index is 12.8. The predicted molar refractivity (Wildman–Crippen MR) is 64.5 cm³/mol. The number of carbonyl (C=O) groups excluding carboxylic acids is 1. The van der Waals surface area contributed by atoms with Crippen LogP contribution in [-0.4, -0.2) is 38.6 Å².